The van der Waals surface area contributed by atoms with E-state index in [4.69, 9.17) is 0 Å². The minimum Gasteiger partial charge on any atom is -0.466 e. The number of rotatable bonds is 3. The van der Waals surface area contributed by atoms with Crippen LogP contribution in [0.1, 0.15) is 14.4 Å². The first kappa shape index (κ1) is 13.3. The Bertz CT molecular complexity index is 183. The second kappa shape index (κ2) is 6.39. The summed E-state index contributed by atoms with van der Waals surface area (Å²) in [7, 11) is 1.22. The van der Waals surface area contributed by atoms with E-state index in [9.17, 15) is 9.59 Å². The molecule has 0 aromatic heterocycles. The van der Waals surface area contributed by atoms with E-state index < -0.39 is 11.9 Å². The van der Waals surface area contributed by atoms with Crippen molar-refractivity contribution >= 4 is 11.9 Å². The zero-order valence-electron chi connectivity index (χ0n) is 6.55. The van der Waals surface area contributed by atoms with Crippen LogP contribution >= 0.6 is 0 Å². The van der Waals surface area contributed by atoms with Gasteiger partial charge in [-0.05, 0) is 6.92 Å². The van der Waals surface area contributed by atoms with Crippen molar-refractivity contribution in [3.8, 4) is 0 Å². The Labute approximate surface area is 72.2 Å². The third-order valence-corrected chi connectivity index (χ3v) is 0.897. The van der Waals surface area contributed by atoms with Crippen molar-refractivity contribution in [2.24, 2.45) is 0 Å². The maximum Gasteiger partial charge on any atom is 0.344 e. The van der Waals surface area contributed by atoms with Crippen LogP contribution in [-0.4, -0.2) is 25.7 Å². The van der Waals surface area contributed by atoms with Gasteiger partial charge >= 0.3 is 11.9 Å². The van der Waals surface area contributed by atoms with Gasteiger partial charge in [-0.2, -0.15) is 0 Å². The Morgan fingerprint density at radius 2 is 1.92 bits per heavy atom. The molecule has 0 spiro atoms. The number of methoxy groups -OCH3 is 1. The molecule has 0 heterocycles. The molecule has 0 rings (SSSR count). The lowest BCUT2D eigenvalue weighted by molar-refractivity contribution is -0.154. The molecule has 0 saturated heterocycles. The van der Waals surface area contributed by atoms with Gasteiger partial charge in [0.1, 0.15) is 0 Å². The molecule has 70 valence electrons. The average Bonchev–Trinajstić information content (AvgIpc) is 1.99. The number of carbonyl (C=O) groups excluding carboxylic acids is 2. The van der Waals surface area contributed by atoms with Crippen LogP contribution in [0.3, 0.4) is 0 Å². The quantitative estimate of drug-likeness (QED) is 0.471. The molecule has 0 aromatic rings. The summed E-state index contributed by atoms with van der Waals surface area (Å²) in [6.45, 7) is 4.47. The SMILES string of the molecule is C.C=C(C)C(=O)OCC(=O)OC. The third kappa shape index (κ3) is 5.46. The summed E-state index contributed by atoms with van der Waals surface area (Å²) in [6.07, 6.45) is 0. The molecular weight excluding hydrogens is 160 g/mol. The molecule has 0 aromatic carbocycles. The first-order valence-electron chi connectivity index (χ1n) is 2.97. The summed E-state index contributed by atoms with van der Waals surface area (Å²) in [5, 5.41) is 0. The minimum atomic E-state index is -0.588. The predicted octanol–water partition coefficient (Wildman–Crippen LogP) is 0.915. The van der Waals surface area contributed by atoms with Gasteiger partial charge in [-0.1, -0.05) is 14.0 Å². The largest absolute Gasteiger partial charge is 0.466 e. The second-order valence-electron chi connectivity index (χ2n) is 1.93. The van der Waals surface area contributed by atoms with E-state index >= 15 is 0 Å². The molecule has 0 radical (unpaired) electrons. The summed E-state index contributed by atoms with van der Waals surface area (Å²) in [4.78, 5) is 21.0. The van der Waals surface area contributed by atoms with Gasteiger partial charge in [0.25, 0.3) is 0 Å². The first-order chi connectivity index (χ1) is 5.07. The molecule has 0 atom stereocenters. The number of ether oxygens (including phenoxy) is 2. The topological polar surface area (TPSA) is 52.6 Å². The van der Waals surface area contributed by atoms with Crippen LogP contribution < -0.4 is 0 Å². The van der Waals surface area contributed by atoms with Crippen LogP contribution in [0.15, 0.2) is 12.2 Å². The number of esters is 2. The van der Waals surface area contributed by atoms with Crippen molar-refractivity contribution in [2.45, 2.75) is 14.4 Å². The van der Waals surface area contributed by atoms with Gasteiger partial charge in [0.2, 0.25) is 0 Å². The monoisotopic (exact) mass is 174 g/mol. The van der Waals surface area contributed by atoms with Gasteiger partial charge in [0.05, 0.1) is 7.11 Å². The Kier molecular flexibility index (Phi) is 7.08. The van der Waals surface area contributed by atoms with Crippen molar-refractivity contribution in [1.29, 1.82) is 0 Å². The molecule has 4 heteroatoms. The molecule has 0 amide bonds. The summed E-state index contributed by atoms with van der Waals surface area (Å²) >= 11 is 0. The van der Waals surface area contributed by atoms with Crippen LogP contribution in [0.4, 0.5) is 0 Å². The van der Waals surface area contributed by atoms with Crippen molar-refractivity contribution in [3.63, 3.8) is 0 Å². The molecule has 0 aliphatic heterocycles. The normalized spacial score (nSPS) is 7.83. The molecule has 12 heavy (non-hydrogen) atoms. The van der Waals surface area contributed by atoms with Crippen LogP contribution in [-0.2, 0) is 19.1 Å². The number of hydrogen-bond acceptors (Lipinski definition) is 4. The van der Waals surface area contributed by atoms with Gasteiger partial charge in [-0.3, -0.25) is 0 Å². The van der Waals surface area contributed by atoms with E-state index in [1.165, 1.54) is 14.0 Å². The lowest BCUT2D eigenvalue weighted by atomic mass is 10.4. The Balaban J connectivity index is 0. The molecule has 4 nitrogen and oxygen atoms in total. The maximum absolute atomic E-state index is 10.6. The summed E-state index contributed by atoms with van der Waals surface area (Å²) in [6, 6.07) is 0. The Morgan fingerprint density at radius 3 is 2.25 bits per heavy atom. The Morgan fingerprint density at radius 1 is 1.42 bits per heavy atom. The fourth-order valence-electron chi connectivity index (χ4n) is 0.307. The summed E-state index contributed by atoms with van der Waals surface area (Å²) < 4.78 is 8.68. The highest BCUT2D eigenvalue weighted by Gasteiger charge is 2.06. The van der Waals surface area contributed by atoms with E-state index in [2.05, 4.69) is 16.1 Å². The van der Waals surface area contributed by atoms with Crippen LogP contribution in [0, 0.1) is 0 Å². The second-order valence-corrected chi connectivity index (χ2v) is 1.93. The predicted molar refractivity (Wildman–Crippen MR) is 44.5 cm³/mol. The molecule has 0 unspecified atom stereocenters. The van der Waals surface area contributed by atoms with E-state index in [0.29, 0.717) is 0 Å². The molecule has 0 fully saturated rings. The maximum atomic E-state index is 10.6. The molecule has 0 aliphatic rings. The van der Waals surface area contributed by atoms with Crippen LogP contribution in [0.25, 0.3) is 0 Å². The smallest absolute Gasteiger partial charge is 0.344 e. The molecule has 0 saturated carbocycles. The highest BCUT2D eigenvalue weighted by Crippen LogP contribution is 1.91. The Hall–Kier alpha value is -1.32. The molecule has 0 bridgehead atoms. The first-order valence-corrected chi connectivity index (χ1v) is 2.97. The lowest BCUT2D eigenvalue weighted by Gasteiger charge is -2.01. The van der Waals surface area contributed by atoms with E-state index in [0.717, 1.165) is 0 Å². The number of hydrogen-bond donors (Lipinski definition) is 0. The standard InChI is InChI=1S/C7H10O4.CH4/c1-5(2)7(9)11-4-6(8)10-3;/h1,4H2,2-3H3;1H4. The van der Waals surface area contributed by atoms with Crippen molar-refractivity contribution in [1.82, 2.24) is 0 Å². The van der Waals surface area contributed by atoms with E-state index in [-0.39, 0.29) is 19.6 Å². The van der Waals surface area contributed by atoms with Crippen molar-refractivity contribution in [3.05, 3.63) is 12.2 Å². The van der Waals surface area contributed by atoms with Gasteiger partial charge in [-0.15, -0.1) is 0 Å². The van der Waals surface area contributed by atoms with Gasteiger partial charge in [0, 0.05) is 5.57 Å². The fourth-order valence-corrected chi connectivity index (χ4v) is 0.307. The molecular formula is C8H14O4. The lowest BCUT2D eigenvalue weighted by Crippen LogP contribution is -2.15. The number of carbonyl (C=O) groups is 2. The summed E-state index contributed by atoms with van der Waals surface area (Å²) in [5.74, 6) is -1.17. The molecule has 0 N–H and O–H groups in total. The average molecular weight is 174 g/mol. The van der Waals surface area contributed by atoms with E-state index in [1.807, 2.05) is 0 Å². The van der Waals surface area contributed by atoms with Crippen LogP contribution in [0.2, 0.25) is 0 Å². The highest BCUT2D eigenvalue weighted by molar-refractivity contribution is 5.88. The summed E-state index contributed by atoms with van der Waals surface area (Å²) in [5.41, 5.74) is 0.258. The van der Waals surface area contributed by atoms with Crippen molar-refractivity contribution < 1.29 is 19.1 Å². The molecule has 0 aliphatic carbocycles. The van der Waals surface area contributed by atoms with Gasteiger partial charge < -0.3 is 9.47 Å². The zero-order chi connectivity index (χ0) is 8.85. The highest BCUT2D eigenvalue weighted by atomic mass is 16.6. The minimum absolute atomic E-state index is 0. The van der Waals surface area contributed by atoms with Crippen LogP contribution in [0.5, 0.6) is 0 Å². The third-order valence-electron chi connectivity index (χ3n) is 0.897. The van der Waals surface area contributed by atoms with Gasteiger partial charge in [0.15, 0.2) is 6.61 Å². The van der Waals surface area contributed by atoms with Gasteiger partial charge in [-0.25, -0.2) is 9.59 Å². The van der Waals surface area contributed by atoms with E-state index in [1.54, 1.807) is 0 Å². The fraction of sp³-hybridized carbons (Fsp3) is 0.500. The van der Waals surface area contributed by atoms with Crippen molar-refractivity contribution in [2.75, 3.05) is 13.7 Å². The zero-order valence-corrected chi connectivity index (χ0v) is 6.55.